The Balaban J connectivity index is 1.54. The SMILES string of the molecule is Clc1ccc(C=NNc2cc(N3CCCC3)nc(N3CCCC3)n2)cc1. The molecule has 0 bridgehead atoms. The number of nitrogens with zero attached hydrogens (tertiary/aromatic N) is 5. The van der Waals surface area contributed by atoms with Crippen LogP contribution in [0.25, 0.3) is 0 Å². The predicted octanol–water partition coefficient (Wildman–Crippen LogP) is 3.78. The van der Waals surface area contributed by atoms with E-state index in [9.17, 15) is 0 Å². The van der Waals surface area contributed by atoms with Gasteiger partial charge >= 0.3 is 0 Å². The first-order valence-electron chi connectivity index (χ1n) is 9.21. The van der Waals surface area contributed by atoms with Gasteiger partial charge < -0.3 is 9.80 Å². The third kappa shape index (κ3) is 4.07. The monoisotopic (exact) mass is 370 g/mol. The number of anilines is 3. The van der Waals surface area contributed by atoms with E-state index in [1.807, 2.05) is 30.3 Å². The van der Waals surface area contributed by atoms with Crippen molar-refractivity contribution in [2.75, 3.05) is 41.4 Å². The Morgan fingerprint density at radius 2 is 1.58 bits per heavy atom. The molecule has 2 aliphatic rings. The van der Waals surface area contributed by atoms with Crippen LogP contribution in [0.4, 0.5) is 17.6 Å². The molecule has 26 heavy (non-hydrogen) atoms. The van der Waals surface area contributed by atoms with Crippen molar-refractivity contribution < 1.29 is 0 Å². The van der Waals surface area contributed by atoms with Crippen LogP contribution in [0.1, 0.15) is 31.2 Å². The van der Waals surface area contributed by atoms with Crippen molar-refractivity contribution in [3.05, 3.63) is 40.9 Å². The Morgan fingerprint density at radius 1 is 0.923 bits per heavy atom. The van der Waals surface area contributed by atoms with Gasteiger partial charge in [-0.25, -0.2) is 0 Å². The molecule has 3 heterocycles. The molecule has 6 nitrogen and oxygen atoms in total. The molecule has 7 heteroatoms. The van der Waals surface area contributed by atoms with E-state index in [-0.39, 0.29) is 0 Å². The van der Waals surface area contributed by atoms with Crippen LogP contribution >= 0.6 is 11.6 Å². The molecule has 0 aliphatic carbocycles. The van der Waals surface area contributed by atoms with Crippen molar-refractivity contribution >= 4 is 35.4 Å². The maximum atomic E-state index is 5.91. The number of hydrazone groups is 1. The molecule has 1 aromatic carbocycles. The second-order valence-electron chi connectivity index (χ2n) is 6.72. The van der Waals surface area contributed by atoms with E-state index in [2.05, 4.69) is 25.3 Å². The molecule has 136 valence electrons. The van der Waals surface area contributed by atoms with Crippen molar-refractivity contribution in [3.63, 3.8) is 0 Å². The average molecular weight is 371 g/mol. The second-order valence-corrected chi connectivity index (χ2v) is 7.16. The predicted molar refractivity (Wildman–Crippen MR) is 108 cm³/mol. The van der Waals surface area contributed by atoms with E-state index >= 15 is 0 Å². The minimum Gasteiger partial charge on any atom is -0.356 e. The maximum Gasteiger partial charge on any atom is 0.229 e. The zero-order valence-corrected chi connectivity index (χ0v) is 15.5. The Labute approximate surface area is 158 Å². The van der Waals surface area contributed by atoms with E-state index in [4.69, 9.17) is 16.6 Å². The molecule has 0 radical (unpaired) electrons. The lowest BCUT2D eigenvalue weighted by Gasteiger charge is -2.21. The minimum atomic E-state index is 0.719. The first-order chi connectivity index (χ1) is 12.8. The fraction of sp³-hybridized carbons (Fsp3) is 0.421. The van der Waals surface area contributed by atoms with Crippen molar-refractivity contribution in [3.8, 4) is 0 Å². The first kappa shape index (κ1) is 17.1. The lowest BCUT2D eigenvalue weighted by atomic mass is 10.2. The molecule has 0 saturated carbocycles. The summed E-state index contributed by atoms with van der Waals surface area (Å²) in [5.74, 6) is 2.52. The van der Waals surface area contributed by atoms with Gasteiger partial charge in [0.25, 0.3) is 0 Å². The van der Waals surface area contributed by atoms with Crippen LogP contribution in [0.15, 0.2) is 35.4 Å². The molecule has 2 aliphatic heterocycles. The number of benzene rings is 1. The van der Waals surface area contributed by atoms with E-state index in [0.717, 1.165) is 54.3 Å². The smallest absolute Gasteiger partial charge is 0.229 e. The highest BCUT2D eigenvalue weighted by Gasteiger charge is 2.20. The molecule has 0 unspecified atom stereocenters. The average Bonchev–Trinajstić information content (AvgIpc) is 3.37. The highest BCUT2D eigenvalue weighted by atomic mass is 35.5. The molecule has 0 atom stereocenters. The van der Waals surface area contributed by atoms with E-state index in [1.165, 1.54) is 25.7 Å². The van der Waals surface area contributed by atoms with Gasteiger partial charge in [0, 0.05) is 37.3 Å². The quantitative estimate of drug-likeness (QED) is 0.641. The van der Waals surface area contributed by atoms with Gasteiger partial charge in [0.1, 0.15) is 5.82 Å². The van der Waals surface area contributed by atoms with Crippen molar-refractivity contribution in [1.29, 1.82) is 0 Å². The Morgan fingerprint density at radius 3 is 2.27 bits per heavy atom. The number of hydrogen-bond acceptors (Lipinski definition) is 6. The van der Waals surface area contributed by atoms with Crippen LogP contribution < -0.4 is 15.2 Å². The van der Waals surface area contributed by atoms with Gasteiger partial charge in [-0.1, -0.05) is 23.7 Å². The molecule has 0 spiro atoms. The van der Waals surface area contributed by atoms with Crippen LogP contribution in [0.2, 0.25) is 5.02 Å². The fourth-order valence-electron chi connectivity index (χ4n) is 3.37. The molecule has 1 N–H and O–H groups in total. The molecule has 2 fully saturated rings. The van der Waals surface area contributed by atoms with Crippen molar-refractivity contribution in [2.24, 2.45) is 5.10 Å². The van der Waals surface area contributed by atoms with Gasteiger partial charge in [0.05, 0.1) is 6.21 Å². The second kappa shape index (κ2) is 7.91. The number of hydrogen-bond donors (Lipinski definition) is 1. The summed E-state index contributed by atoms with van der Waals surface area (Å²) in [6, 6.07) is 9.55. The van der Waals surface area contributed by atoms with Crippen LogP contribution in [0.5, 0.6) is 0 Å². The molecule has 0 amide bonds. The van der Waals surface area contributed by atoms with E-state index in [1.54, 1.807) is 6.21 Å². The van der Waals surface area contributed by atoms with Gasteiger partial charge in [0.2, 0.25) is 5.95 Å². The van der Waals surface area contributed by atoms with Gasteiger partial charge in [-0.3, -0.25) is 5.43 Å². The largest absolute Gasteiger partial charge is 0.356 e. The van der Waals surface area contributed by atoms with Crippen LogP contribution in [0.3, 0.4) is 0 Å². The van der Waals surface area contributed by atoms with Crippen molar-refractivity contribution in [2.45, 2.75) is 25.7 Å². The zero-order valence-electron chi connectivity index (χ0n) is 14.7. The Bertz CT molecular complexity index is 730. The summed E-state index contributed by atoms with van der Waals surface area (Å²) < 4.78 is 0. The maximum absolute atomic E-state index is 5.91. The van der Waals surface area contributed by atoms with Crippen LogP contribution in [-0.2, 0) is 0 Å². The molecular formula is C19H23ClN6. The molecule has 1 aromatic heterocycles. The Hall–Kier alpha value is -2.34. The van der Waals surface area contributed by atoms with Crippen LogP contribution in [-0.4, -0.2) is 42.4 Å². The summed E-state index contributed by atoms with van der Waals surface area (Å²) in [7, 11) is 0. The summed E-state index contributed by atoms with van der Waals surface area (Å²) in [6.45, 7) is 4.17. The number of rotatable bonds is 5. The number of halogens is 1. The van der Waals surface area contributed by atoms with E-state index in [0.29, 0.717) is 0 Å². The zero-order chi connectivity index (χ0) is 17.8. The summed E-state index contributed by atoms with van der Waals surface area (Å²) >= 11 is 5.91. The standard InChI is InChI=1S/C19H23ClN6/c20-16-7-5-15(6-8-16)14-21-24-17-13-18(25-9-1-2-10-25)23-19(22-17)26-11-3-4-12-26/h5-8,13-14H,1-4,9-12H2,(H,22,23,24). The first-order valence-corrected chi connectivity index (χ1v) is 9.59. The number of aromatic nitrogens is 2. The summed E-state index contributed by atoms with van der Waals surface area (Å²) in [6.07, 6.45) is 6.62. The third-order valence-electron chi connectivity index (χ3n) is 4.78. The molecular weight excluding hydrogens is 348 g/mol. The molecule has 2 saturated heterocycles. The lowest BCUT2D eigenvalue weighted by Crippen LogP contribution is -2.24. The lowest BCUT2D eigenvalue weighted by molar-refractivity contribution is 0.871. The minimum absolute atomic E-state index is 0.719. The van der Waals surface area contributed by atoms with Gasteiger partial charge in [-0.15, -0.1) is 0 Å². The molecule has 2 aromatic rings. The normalized spacial score (nSPS) is 17.4. The van der Waals surface area contributed by atoms with Gasteiger partial charge in [0.15, 0.2) is 5.82 Å². The topological polar surface area (TPSA) is 56.7 Å². The Kier molecular flexibility index (Phi) is 5.20. The highest BCUT2D eigenvalue weighted by molar-refractivity contribution is 6.30. The van der Waals surface area contributed by atoms with Gasteiger partial charge in [-0.05, 0) is 43.4 Å². The number of nitrogens with one attached hydrogen (secondary N) is 1. The van der Waals surface area contributed by atoms with Gasteiger partial charge in [-0.2, -0.15) is 15.1 Å². The van der Waals surface area contributed by atoms with Crippen LogP contribution in [0, 0.1) is 0 Å². The summed E-state index contributed by atoms with van der Waals surface area (Å²) in [4.78, 5) is 14.1. The van der Waals surface area contributed by atoms with Crippen molar-refractivity contribution in [1.82, 2.24) is 9.97 Å². The summed E-state index contributed by atoms with van der Waals surface area (Å²) in [5, 5.41) is 5.05. The molecule has 4 rings (SSSR count). The summed E-state index contributed by atoms with van der Waals surface area (Å²) in [5.41, 5.74) is 4.05. The van der Waals surface area contributed by atoms with E-state index < -0.39 is 0 Å². The fourth-order valence-corrected chi connectivity index (χ4v) is 3.49. The highest BCUT2D eigenvalue weighted by Crippen LogP contribution is 2.25. The third-order valence-corrected chi connectivity index (χ3v) is 5.03.